The number of H-pyrrole nitrogens is 1. The molecule has 3 heterocycles. The minimum absolute atomic E-state index is 0.193. The molecule has 22 heavy (non-hydrogen) atoms. The summed E-state index contributed by atoms with van der Waals surface area (Å²) in [5.74, 6) is 1.08. The summed E-state index contributed by atoms with van der Waals surface area (Å²) in [6.45, 7) is 2.24. The van der Waals surface area contributed by atoms with E-state index in [1.165, 1.54) is 11.8 Å². The van der Waals surface area contributed by atoms with Crippen molar-refractivity contribution in [2.45, 2.75) is 18.8 Å². The molecule has 1 fully saturated rings. The third-order valence-corrected chi connectivity index (χ3v) is 4.34. The fraction of sp³-hybridized carbons (Fsp3) is 0.375. The van der Waals surface area contributed by atoms with Crippen LogP contribution in [0.15, 0.2) is 30.6 Å². The molecule has 2 aromatic heterocycles. The monoisotopic (exact) mass is 318 g/mol. The quantitative estimate of drug-likeness (QED) is 0.855. The summed E-state index contributed by atoms with van der Waals surface area (Å²) < 4.78 is 0. The number of carbonyl (C=O) groups excluding carboxylic acids is 1. The molecule has 5 nitrogen and oxygen atoms in total. The molecule has 1 aliphatic heterocycles. The molecule has 0 radical (unpaired) electrons. The molecular weight excluding hydrogens is 300 g/mol. The SMILES string of the molecule is CN1CCC(c2c[nH]c(NC(=O)c3ccnc(Cl)c3)c2)CC1. The molecule has 0 saturated carbocycles. The third-order valence-electron chi connectivity index (χ3n) is 4.13. The van der Waals surface area contributed by atoms with Crippen LogP contribution in [0.4, 0.5) is 5.82 Å². The van der Waals surface area contributed by atoms with Crippen LogP contribution >= 0.6 is 11.6 Å². The highest BCUT2D eigenvalue weighted by Gasteiger charge is 2.19. The average molecular weight is 319 g/mol. The first-order valence-electron chi connectivity index (χ1n) is 7.41. The number of carbonyl (C=O) groups is 1. The second-order valence-corrected chi connectivity index (χ2v) is 6.13. The fourth-order valence-electron chi connectivity index (χ4n) is 2.80. The van der Waals surface area contributed by atoms with Crippen molar-refractivity contribution in [2.75, 3.05) is 25.5 Å². The third kappa shape index (κ3) is 3.48. The Hall–Kier alpha value is -1.85. The predicted octanol–water partition coefficient (Wildman–Crippen LogP) is 3.12. The second kappa shape index (κ2) is 6.50. The van der Waals surface area contributed by atoms with Crippen LogP contribution in [0.2, 0.25) is 5.15 Å². The highest BCUT2D eigenvalue weighted by Crippen LogP contribution is 2.29. The average Bonchev–Trinajstić information content (AvgIpc) is 2.96. The van der Waals surface area contributed by atoms with E-state index >= 15 is 0 Å². The number of nitrogens with one attached hydrogen (secondary N) is 2. The molecule has 0 aromatic carbocycles. The van der Waals surface area contributed by atoms with Crippen LogP contribution in [0.1, 0.15) is 34.7 Å². The van der Waals surface area contributed by atoms with Gasteiger partial charge in [-0.3, -0.25) is 4.79 Å². The Balaban J connectivity index is 1.65. The van der Waals surface area contributed by atoms with E-state index in [-0.39, 0.29) is 5.91 Å². The van der Waals surface area contributed by atoms with Crippen molar-refractivity contribution in [3.63, 3.8) is 0 Å². The minimum Gasteiger partial charge on any atom is -0.348 e. The number of halogens is 1. The maximum Gasteiger partial charge on any atom is 0.256 e. The molecule has 0 bridgehead atoms. The summed E-state index contributed by atoms with van der Waals surface area (Å²) in [4.78, 5) is 21.5. The number of hydrogen-bond acceptors (Lipinski definition) is 3. The summed E-state index contributed by atoms with van der Waals surface area (Å²) in [7, 11) is 2.15. The summed E-state index contributed by atoms with van der Waals surface area (Å²) in [6, 6.07) is 5.22. The molecule has 0 aliphatic carbocycles. The molecule has 1 saturated heterocycles. The van der Waals surface area contributed by atoms with Crippen LogP contribution in [-0.4, -0.2) is 40.9 Å². The van der Waals surface area contributed by atoms with Crippen LogP contribution in [-0.2, 0) is 0 Å². The molecule has 3 rings (SSSR count). The summed E-state index contributed by atoms with van der Waals surface area (Å²) in [5.41, 5.74) is 1.76. The number of rotatable bonds is 3. The number of anilines is 1. The van der Waals surface area contributed by atoms with Crippen molar-refractivity contribution >= 4 is 23.3 Å². The molecule has 6 heteroatoms. The molecule has 0 unspecified atom stereocenters. The Kier molecular flexibility index (Phi) is 4.45. The molecule has 0 spiro atoms. The summed E-state index contributed by atoms with van der Waals surface area (Å²) in [5, 5.41) is 3.17. The van der Waals surface area contributed by atoms with Crippen LogP contribution in [0.5, 0.6) is 0 Å². The minimum atomic E-state index is -0.193. The molecule has 2 aromatic rings. The zero-order valence-corrected chi connectivity index (χ0v) is 13.2. The van der Waals surface area contributed by atoms with Crippen LogP contribution in [0.25, 0.3) is 0 Å². The highest BCUT2D eigenvalue weighted by molar-refractivity contribution is 6.29. The number of hydrogen-bond donors (Lipinski definition) is 2. The summed E-state index contributed by atoms with van der Waals surface area (Å²) in [6.07, 6.45) is 5.82. The van der Waals surface area contributed by atoms with Gasteiger partial charge in [-0.2, -0.15) is 0 Å². The number of aromatic amines is 1. The van der Waals surface area contributed by atoms with Crippen molar-refractivity contribution in [1.29, 1.82) is 0 Å². The van der Waals surface area contributed by atoms with Crippen molar-refractivity contribution in [1.82, 2.24) is 14.9 Å². The zero-order chi connectivity index (χ0) is 15.5. The topological polar surface area (TPSA) is 61.0 Å². The number of likely N-dealkylation sites (tertiary alicyclic amines) is 1. The molecule has 116 valence electrons. The van der Waals surface area contributed by atoms with Gasteiger partial charge in [-0.1, -0.05) is 11.6 Å². The standard InChI is InChI=1S/C16H19ClN4O/c1-21-6-3-11(4-7-21)13-9-15(19-10-13)20-16(22)12-2-5-18-14(17)8-12/h2,5,8-11,19H,3-4,6-7H2,1H3,(H,20,22). The number of amides is 1. The van der Waals surface area contributed by atoms with Gasteiger partial charge in [-0.05, 0) is 62.7 Å². The van der Waals surface area contributed by atoms with Gasteiger partial charge in [0.25, 0.3) is 5.91 Å². The first kappa shape index (κ1) is 15.1. The van der Waals surface area contributed by atoms with Gasteiger partial charge in [0.15, 0.2) is 0 Å². The van der Waals surface area contributed by atoms with Gasteiger partial charge in [0, 0.05) is 18.0 Å². The molecule has 1 amide bonds. The first-order chi connectivity index (χ1) is 10.6. The fourth-order valence-corrected chi connectivity index (χ4v) is 2.97. The van der Waals surface area contributed by atoms with Crippen molar-refractivity contribution in [3.8, 4) is 0 Å². The second-order valence-electron chi connectivity index (χ2n) is 5.75. The van der Waals surface area contributed by atoms with E-state index in [1.54, 1.807) is 12.1 Å². The smallest absolute Gasteiger partial charge is 0.256 e. The van der Waals surface area contributed by atoms with E-state index in [4.69, 9.17) is 11.6 Å². The zero-order valence-electron chi connectivity index (χ0n) is 12.5. The normalized spacial score (nSPS) is 16.6. The lowest BCUT2D eigenvalue weighted by Gasteiger charge is -2.28. The van der Waals surface area contributed by atoms with E-state index in [1.807, 2.05) is 12.3 Å². The number of nitrogens with zero attached hydrogens (tertiary/aromatic N) is 2. The van der Waals surface area contributed by atoms with Crippen molar-refractivity contribution in [2.24, 2.45) is 0 Å². The van der Waals surface area contributed by atoms with Crippen LogP contribution in [0.3, 0.4) is 0 Å². The van der Waals surface area contributed by atoms with Gasteiger partial charge in [0.1, 0.15) is 11.0 Å². The van der Waals surface area contributed by atoms with E-state index in [2.05, 4.69) is 27.2 Å². The Bertz CT molecular complexity index is 662. The van der Waals surface area contributed by atoms with Crippen molar-refractivity contribution < 1.29 is 4.79 Å². The number of aromatic nitrogens is 2. The van der Waals surface area contributed by atoms with Gasteiger partial charge in [0.2, 0.25) is 0 Å². The molecule has 2 N–H and O–H groups in total. The molecular formula is C16H19ClN4O. The Morgan fingerprint density at radius 1 is 1.41 bits per heavy atom. The first-order valence-corrected chi connectivity index (χ1v) is 7.79. The van der Waals surface area contributed by atoms with Gasteiger partial charge in [-0.25, -0.2) is 4.98 Å². The predicted molar refractivity (Wildman–Crippen MR) is 87.5 cm³/mol. The lowest BCUT2D eigenvalue weighted by molar-refractivity contribution is 0.102. The van der Waals surface area contributed by atoms with E-state index in [9.17, 15) is 4.79 Å². The Morgan fingerprint density at radius 2 is 2.18 bits per heavy atom. The lowest BCUT2D eigenvalue weighted by atomic mass is 9.91. The maximum absolute atomic E-state index is 12.2. The number of pyridine rings is 1. The Morgan fingerprint density at radius 3 is 2.91 bits per heavy atom. The maximum atomic E-state index is 12.2. The summed E-state index contributed by atoms with van der Waals surface area (Å²) >= 11 is 5.81. The van der Waals surface area contributed by atoms with Gasteiger partial charge < -0.3 is 15.2 Å². The number of piperidine rings is 1. The lowest BCUT2D eigenvalue weighted by Crippen LogP contribution is -2.29. The van der Waals surface area contributed by atoms with Gasteiger partial charge in [-0.15, -0.1) is 0 Å². The Labute approximate surface area is 134 Å². The molecule has 1 aliphatic rings. The van der Waals surface area contributed by atoms with Crippen LogP contribution in [0, 0.1) is 0 Å². The van der Waals surface area contributed by atoms with Crippen molar-refractivity contribution in [3.05, 3.63) is 46.9 Å². The van der Waals surface area contributed by atoms with E-state index in [0.29, 0.717) is 22.5 Å². The van der Waals surface area contributed by atoms with Gasteiger partial charge >= 0.3 is 0 Å². The molecule has 0 atom stereocenters. The largest absolute Gasteiger partial charge is 0.348 e. The van der Waals surface area contributed by atoms with Gasteiger partial charge in [0.05, 0.1) is 0 Å². The highest BCUT2D eigenvalue weighted by atomic mass is 35.5. The van der Waals surface area contributed by atoms with E-state index in [0.717, 1.165) is 25.9 Å². The van der Waals surface area contributed by atoms with E-state index < -0.39 is 0 Å². The van der Waals surface area contributed by atoms with Crippen LogP contribution < -0.4 is 5.32 Å².